The van der Waals surface area contributed by atoms with E-state index >= 15 is 0 Å². The van der Waals surface area contributed by atoms with E-state index in [1.807, 2.05) is 30.3 Å². The van der Waals surface area contributed by atoms with Crippen LogP contribution in [0, 0.1) is 0 Å². The van der Waals surface area contributed by atoms with Crippen LogP contribution in [0.25, 0.3) is 11.3 Å². The normalized spacial score (nSPS) is 10.5. The first-order valence-electron chi connectivity index (χ1n) is 7.27. The Balaban J connectivity index is 1.87. The number of hydrogen-bond acceptors (Lipinski definition) is 3. The monoisotopic (exact) mass is 326 g/mol. The lowest BCUT2D eigenvalue weighted by molar-refractivity contribution is 0.102. The highest BCUT2D eigenvalue weighted by atomic mass is 35.5. The summed E-state index contributed by atoms with van der Waals surface area (Å²) in [5.41, 5.74) is 2.82. The smallest absolute Gasteiger partial charge is 0.278 e. The standard InChI is InChI=1S/C18H15ClN2O2/c1-2-12-5-3-8-15(9-12)21-18(22)16-17(23-11-20-16)13-6-4-7-14(19)10-13/h3-11H,2H2,1H3,(H,21,22). The third kappa shape index (κ3) is 3.43. The maximum absolute atomic E-state index is 12.5. The molecular formula is C18H15ClN2O2. The average molecular weight is 327 g/mol. The summed E-state index contributed by atoms with van der Waals surface area (Å²) in [5, 5.41) is 3.42. The lowest BCUT2D eigenvalue weighted by Crippen LogP contribution is -2.13. The highest BCUT2D eigenvalue weighted by molar-refractivity contribution is 6.30. The second-order valence-electron chi connectivity index (χ2n) is 5.05. The number of aryl methyl sites for hydroxylation is 1. The van der Waals surface area contributed by atoms with Crippen LogP contribution in [0.3, 0.4) is 0 Å². The van der Waals surface area contributed by atoms with Gasteiger partial charge in [0.25, 0.3) is 5.91 Å². The van der Waals surface area contributed by atoms with Crippen LogP contribution in [0.5, 0.6) is 0 Å². The second-order valence-corrected chi connectivity index (χ2v) is 5.48. The molecular weight excluding hydrogens is 312 g/mol. The number of nitrogens with one attached hydrogen (secondary N) is 1. The Hall–Kier alpha value is -2.59. The fraction of sp³-hybridized carbons (Fsp3) is 0.111. The summed E-state index contributed by atoms with van der Waals surface area (Å²) in [4.78, 5) is 16.5. The third-order valence-corrected chi connectivity index (χ3v) is 3.70. The molecule has 0 atom stereocenters. The van der Waals surface area contributed by atoms with Gasteiger partial charge in [-0.05, 0) is 36.2 Å². The highest BCUT2D eigenvalue weighted by Gasteiger charge is 2.18. The van der Waals surface area contributed by atoms with Crippen LogP contribution >= 0.6 is 11.6 Å². The molecule has 0 fully saturated rings. The van der Waals surface area contributed by atoms with Crippen molar-refractivity contribution in [2.75, 3.05) is 5.32 Å². The van der Waals surface area contributed by atoms with Crippen molar-refractivity contribution in [2.24, 2.45) is 0 Å². The van der Waals surface area contributed by atoms with Gasteiger partial charge >= 0.3 is 0 Å². The van der Waals surface area contributed by atoms with E-state index in [9.17, 15) is 4.79 Å². The molecule has 3 rings (SSSR count). The average Bonchev–Trinajstić information content (AvgIpc) is 3.05. The summed E-state index contributed by atoms with van der Waals surface area (Å²) in [6.45, 7) is 2.07. The molecule has 3 aromatic rings. The summed E-state index contributed by atoms with van der Waals surface area (Å²) < 4.78 is 5.38. The maximum Gasteiger partial charge on any atom is 0.278 e. The third-order valence-electron chi connectivity index (χ3n) is 3.46. The van der Waals surface area contributed by atoms with Crippen LogP contribution in [-0.2, 0) is 6.42 Å². The quantitative estimate of drug-likeness (QED) is 0.748. The van der Waals surface area contributed by atoms with Crippen molar-refractivity contribution < 1.29 is 9.21 Å². The van der Waals surface area contributed by atoms with Gasteiger partial charge in [0.2, 0.25) is 0 Å². The van der Waals surface area contributed by atoms with Crippen LogP contribution in [0.4, 0.5) is 5.69 Å². The lowest BCUT2D eigenvalue weighted by Gasteiger charge is -2.06. The predicted molar refractivity (Wildman–Crippen MR) is 90.7 cm³/mol. The Morgan fingerprint density at radius 2 is 2.04 bits per heavy atom. The molecule has 0 aliphatic carbocycles. The molecule has 0 saturated carbocycles. The van der Waals surface area contributed by atoms with E-state index in [1.54, 1.807) is 18.2 Å². The number of rotatable bonds is 4. The number of anilines is 1. The minimum atomic E-state index is -0.318. The number of carbonyl (C=O) groups is 1. The fourth-order valence-electron chi connectivity index (χ4n) is 2.30. The van der Waals surface area contributed by atoms with Gasteiger partial charge in [0, 0.05) is 16.3 Å². The Labute approximate surface area is 139 Å². The first-order valence-corrected chi connectivity index (χ1v) is 7.65. The molecule has 2 aromatic carbocycles. The Morgan fingerprint density at radius 1 is 1.22 bits per heavy atom. The fourth-order valence-corrected chi connectivity index (χ4v) is 2.49. The summed E-state index contributed by atoms with van der Waals surface area (Å²) in [6, 6.07) is 14.8. The van der Waals surface area contributed by atoms with Gasteiger partial charge in [-0.3, -0.25) is 4.79 Å². The number of amides is 1. The first kappa shape index (κ1) is 15.3. The Kier molecular flexibility index (Phi) is 4.44. The van der Waals surface area contributed by atoms with Gasteiger partial charge in [0.1, 0.15) is 0 Å². The van der Waals surface area contributed by atoms with Gasteiger partial charge in [0.05, 0.1) is 0 Å². The number of halogens is 1. The minimum absolute atomic E-state index is 0.231. The highest BCUT2D eigenvalue weighted by Crippen LogP contribution is 2.26. The van der Waals surface area contributed by atoms with E-state index < -0.39 is 0 Å². The number of carbonyl (C=O) groups excluding carboxylic acids is 1. The van der Waals surface area contributed by atoms with Crippen LogP contribution in [-0.4, -0.2) is 10.9 Å². The zero-order valence-electron chi connectivity index (χ0n) is 12.5. The molecule has 1 N–H and O–H groups in total. The van der Waals surface area contributed by atoms with Crippen molar-refractivity contribution in [1.29, 1.82) is 0 Å². The second kappa shape index (κ2) is 6.67. The van der Waals surface area contributed by atoms with E-state index in [0.29, 0.717) is 16.3 Å². The number of nitrogens with zero attached hydrogens (tertiary/aromatic N) is 1. The molecule has 5 heteroatoms. The zero-order valence-corrected chi connectivity index (χ0v) is 13.3. The maximum atomic E-state index is 12.5. The molecule has 116 valence electrons. The molecule has 0 unspecified atom stereocenters. The molecule has 0 saturated heterocycles. The Bertz CT molecular complexity index is 842. The molecule has 0 bridgehead atoms. The summed E-state index contributed by atoms with van der Waals surface area (Å²) in [5.74, 6) is 0.0821. The molecule has 0 spiro atoms. The predicted octanol–water partition coefficient (Wildman–Crippen LogP) is 4.81. The van der Waals surface area contributed by atoms with E-state index in [0.717, 1.165) is 17.7 Å². The molecule has 1 amide bonds. The van der Waals surface area contributed by atoms with Gasteiger partial charge in [-0.2, -0.15) is 0 Å². The largest absolute Gasteiger partial charge is 0.443 e. The van der Waals surface area contributed by atoms with Crippen LogP contribution in [0.1, 0.15) is 23.0 Å². The Morgan fingerprint density at radius 3 is 2.83 bits per heavy atom. The van der Waals surface area contributed by atoms with Gasteiger partial charge in [0.15, 0.2) is 17.8 Å². The number of benzene rings is 2. The minimum Gasteiger partial charge on any atom is -0.443 e. The molecule has 23 heavy (non-hydrogen) atoms. The van der Waals surface area contributed by atoms with Crippen LogP contribution < -0.4 is 5.32 Å². The van der Waals surface area contributed by atoms with Crippen LogP contribution in [0.15, 0.2) is 59.3 Å². The van der Waals surface area contributed by atoms with Crippen molar-refractivity contribution in [3.63, 3.8) is 0 Å². The number of oxazole rings is 1. The van der Waals surface area contributed by atoms with Gasteiger partial charge in [-0.25, -0.2) is 4.98 Å². The van der Waals surface area contributed by atoms with Crippen molar-refractivity contribution in [1.82, 2.24) is 4.98 Å². The summed E-state index contributed by atoms with van der Waals surface area (Å²) >= 11 is 5.99. The lowest BCUT2D eigenvalue weighted by atomic mass is 10.1. The first-order chi connectivity index (χ1) is 11.2. The van der Waals surface area contributed by atoms with E-state index in [1.165, 1.54) is 6.39 Å². The topological polar surface area (TPSA) is 55.1 Å². The molecule has 0 radical (unpaired) electrons. The summed E-state index contributed by atoms with van der Waals surface area (Å²) in [7, 11) is 0. The van der Waals surface area contributed by atoms with Gasteiger partial charge < -0.3 is 9.73 Å². The van der Waals surface area contributed by atoms with Crippen molar-refractivity contribution in [2.45, 2.75) is 13.3 Å². The number of hydrogen-bond donors (Lipinski definition) is 1. The van der Waals surface area contributed by atoms with Crippen molar-refractivity contribution >= 4 is 23.2 Å². The molecule has 1 heterocycles. The molecule has 1 aromatic heterocycles. The summed E-state index contributed by atoms with van der Waals surface area (Å²) in [6.07, 6.45) is 2.16. The van der Waals surface area contributed by atoms with Gasteiger partial charge in [-0.15, -0.1) is 0 Å². The van der Waals surface area contributed by atoms with Gasteiger partial charge in [-0.1, -0.05) is 42.8 Å². The molecule has 0 aliphatic rings. The molecule has 4 nitrogen and oxygen atoms in total. The zero-order chi connectivity index (χ0) is 16.2. The molecule has 0 aliphatic heterocycles. The van der Waals surface area contributed by atoms with E-state index in [4.69, 9.17) is 16.0 Å². The van der Waals surface area contributed by atoms with Crippen molar-refractivity contribution in [3.05, 3.63) is 71.2 Å². The number of aromatic nitrogens is 1. The van der Waals surface area contributed by atoms with Crippen LogP contribution in [0.2, 0.25) is 5.02 Å². The SMILES string of the molecule is CCc1cccc(NC(=O)c2ncoc2-c2cccc(Cl)c2)c1. The van der Waals surface area contributed by atoms with E-state index in [-0.39, 0.29) is 11.6 Å². The van der Waals surface area contributed by atoms with E-state index in [2.05, 4.69) is 17.2 Å². The van der Waals surface area contributed by atoms with Crippen molar-refractivity contribution in [3.8, 4) is 11.3 Å².